The highest BCUT2D eigenvalue weighted by molar-refractivity contribution is 7.19. The van der Waals surface area contributed by atoms with E-state index in [-0.39, 0.29) is 11.6 Å². The van der Waals surface area contributed by atoms with Crippen LogP contribution in [0, 0.1) is 0 Å². The number of carbonyl (C=O) groups is 1. The van der Waals surface area contributed by atoms with Gasteiger partial charge in [-0.1, -0.05) is 0 Å². The second-order valence-corrected chi connectivity index (χ2v) is 2.49. The van der Waals surface area contributed by atoms with Gasteiger partial charge in [0, 0.05) is 6.54 Å². The Morgan fingerprint density at radius 2 is 2.57 bits per heavy atom. The molecular formula is C4H8NOP. The molecule has 1 N–H and O–H groups in total. The van der Waals surface area contributed by atoms with Crippen LogP contribution < -0.4 is 5.32 Å². The van der Waals surface area contributed by atoms with E-state index in [1.165, 1.54) is 0 Å². The Bertz CT molecular complexity index is 93.7. The summed E-state index contributed by atoms with van der Waals surface area (Å²) in [6.07, 6.45) is 0.976. The summed E-state index contributed by atoms with van der Waals surface area (Å²) < 4.78 is 0. The molecule has 1 aliphatic rings. The van der Waals surface area contributed by atoms with E-state index in [1.807, 2.05) is 0 Å². The quantitative estimate of drug-likeness (QED) is 0.435. The summed E-state index contributed by atoms with van der Waals surface area (Å²) in [5, 5.41) is 2.71. The van der Waals surface area contributed by atoms with E-state index in [0.717, 1.165) is 13.0 Å². The first-order valence-electron chi connectivity index (χ1n) is 2.34. The van der Waals surface area contributed by atoms with Crippen molar-refractivity contribution in [2.24, 2.45) is 0 Å². The molecule has 1 aliphatic heterocycles. The van der Waals surface area contributed by atoms with Gasteiger partial charge in [0.05, 0.1) is 5.66 Å². The lowest BCUT2D eigenvalue weighted by Gasteiger charge is -1.90. The van der Waals surface area contributed by atoms with Crippen LogP contribution in [0.1, 0.15) is 6.42 Å². The number of carbonyl (C=O) groups excluding carboxylic acids is 1. The number of rotatable bonds is 0. The molecule has 2 atom stereocenters. The van der Waals surface area contributed by atoms with Gasteiger partial charge in [-0.3, -0.25) is 4.79 Å². The van der Waals surface area contributed by atoms with Crippen molar-refractivity contribution in [3.63, 3.8) is 0 Å². The summed E-state index contributed by atoms with van der Waals surface area (Å²) in [5.41, 5.74) is 0.181. The predicted molar refractivity (Wildman–Crippen MR) is 31.1 cm³/mol. The van der Waals surface area contributed by atoms with E-state index < -0.39 is 0 Å². The lowest BCUT2D eigenvalue weighted by Crippen LogP contribution is -2.18. The minimum Gasteiger partial charge on any atom is -0.356 e. The number of hydrogen-bond acceptors (Lipinski definition) is 1. The van der Waals surface area contributed by atoms with E-state index in [2.05, 4.69) is 14.6 Å². The molecule has 0 aromatic carbocycles. The van der Waals surface area contributed by atoms with E-state index in [9.17, 15) is 4.79 Å². The average molecular weight is 117 g/mol. The van der Waals surface area contributed by atoms with Gasteiger partial charge in [0.1, 0.15) is 0 Å². The van der Waals surface area contributed by atoms with Crippen molar-refractivity contribution in [2.45, 2.75) is 12.1 Å². The maximum absolute atomic E-state index is 10.4. The van der Waals surface area contributed by atoms with Gasteiger partial charge < -0.3 is 5.32 Å². The number of nitrogens with one attached hydrogen (secondary N) is 1. The maximum Gasteiger partial charge on any atom is 0.226 e. The minimum atomic E-state index is 0.171. The second-order valence-electron chi connectivity index (χ2n) is 1.69. The molecule has 0 bridgehead atoms. The third-order valence-electron chi connectivity index (χ3n) is 1.09. The molecule has 7 heavy (non-hydrogen) atoms. The summed E-state index contributed by atoms with van der Waals surface area (Å²) in [4.78, 5) is 10.4. The molecule has 40 valence electrons. The Hall–Kier alpha value is -0.100. The molecule has 1 amide bonds. The van der Waals surface area contributed by atoms with E-state index in [0.29, 0.717) is 0 Å². The maximum atomic E-state index is 10.4. The van der Waals surface area contributed by atoms with Crippen LogP contribution >= 0.6 is 9.24 Å². The fourth-order valence-corrected chi connectivity index (χ4v) is 0.898. The Labute approximate surface area is 44.9 Å². The van der Waals surface area contributed by atoms with Crippen LogP contribution in [0.2, 0.25) is 0 Å². The van der Waals surface area contributed by atoms with Crippen molar-refractivity contribution < 1.29 is 4.79 Å². The Balaban J connectivity index is 2.48. The number of hydrogen-bond donors (Lipinski definition) is 1. The first kappa shape index (κ1) is 5.04. The molecule has 1 saturated heterocycles. The van der Waals surface area contributed by atoms with Gasteiger partial charge in [0.15, 0.2) is 0 Å². The summed E-state index contributed by atoms with van der Waals surface area (Å²) in [5.74, 6) is 0.171. The first-order valence-corrected chi connectivity index (χ1v) is 3.00. The van der Waals surface area contributed by atoms with Gasteiger partial charge in [-0.25, -0.2) is 0 Å². The van der Waals surface area contributed by atoms with Crippen LogP contribution in [-0.2, 0) is 4.79 Å². The van der Waals surface area contributed by atoms with Crippen LogP contribution in [-0.4, -0.2) is 18.1 Å². The molecule has 2 unspecified atom stereocenters. The minimum absolute atomic E-state index is 0.171. The molecule has 2 nitrogen and oxygen atoms in total. The van der Waals surface area contributed by atoms with Crippen molar-refractivity contribution in [3.05, 3.63) is 0 Å². The monoisotopic (exact) mass is 117 g/mol. The van der Waals surface area contributed by atoms with Crippen LogP contribution in [0.15, 0.2) is 0 Å². The SMILES string of the molecule is O=C1NCCC1P. The zero-order valence-corrected chi connectivity index (χ0v) is 5.13. The van der Waals surface area contributed by atoms with Crippen molar-refractivity contribution in [3.8, 4) is 0 Å². The first-order chi connectivity index (χ1) is 3.30. The molecule has 3 heteroatoms. The summed E-state index contributed by atoms with van der Waals surface area (Å²) in [6.45, 7) is 0.854. The second kappa shape index (κ2) is 1.79. The molecule has 1 fully saturated rings. The topological polar surface area (TPSA) is 29.1 Å². The molecule has 0 spiro atoms. The molecule has 0 radical (unpaired) electrons. The van der Waals surface area contributed by atoms with Crippen LogP contribution in [0.25, 0.3) is 0 Å². The molecule has 0 aromatic heterocycles. The van der Waals surface area contributed by atoms with E-state index in [1.54, 1.807) is 0 Å². The Kier molecular flexibility index (Phi) is 1.29. The fourth-order valence-electron chi connectivity index (χ4n) is 0.613. The fraction of sp³-hybridized carbons (Fsp3) is 0.750. The lowest BCUT2D eigenvalue weighted by atomic mass is 10.4. The third-order valence-corrected chi connectivity index (χ3v) is 1.73. The largest absolute Gasteiger partial charge is 0.356 e. The highest BCUT2D eigenvalue weighted by atomic mass is 31.0. The zero-order chi connectivity index (χ0) is 5.28. The molecule has 0 aromatic rings. The highest BCUT2D eigenvalue weighted by Crippen LogP contribution is 2.08. The standard InChI is InChI=1S/C4H8NOP/c6-4-3(7)1-2-5-4/h3H,1-2,7H2,(H,5,6). The normalized spacial score (nSPS) is 30.4. The summed E-state index contributed by atoms with van der Waals surface area (Å²) >= 11 is 0. The summed E-state index contributed by atoms with van der Waals surface area (Å²) in [7, 11) is 2.50. The highest BCUT2D eigenvalue weighted by Gasteiger charge is 2.17. The van der Waals surface area contributed by atoms with Gasteiger partial charge in [0.2, 0.25) is 5.91 Å². The Morgan fingerprint density at radius 1 is 1.86 bits per heavy atom. The smallest absolute Gasteiger partial charge is 0.226 e. The lowest BCUT2D eigenvalue weighted by molar-refractivity contribution is -0.118. The van der Waals surface area contributed by atoms with Crippen molar-refractivity contribution in [2.75, 3.05) is 6.54 Å². The van der Waals surface area contributed by atoms with Crippen molar-refractivity contribution in [1.82, 2.24) is 5.32 Å². The summed E-state index contributed by atoms with van der Waals surface area (Å²) in [6, 6.07) is 0. The molecule has 0 aliphatic carbocycles. The number of amides is 1. The van der Waals surface area contributed by atoms with Gasteiger partial charge in [-0.05, 0) is 6.42 Å². The third kappa shape index (κ3) is 0.916. The van der Waals surface area contributed by atoms with E-state index >= 15 is 0 Å². The van der Waals surface area contributed by atoms with Crippen LogP contribution in [0.3, 0.4) is 0 Å². The van der Waals surface area contributed by atoms with Gasteiger partial charge in [-0.2, -0.15) is 0 Å². The van der Waals surface area contributed by atoms with Crippen molar-refractivity contribution in [1.29, 1.82) is 0 Å². The average Bonchev–Trinajstić information content (AvgIpc) is 1.91. The molecular weight excluding hydrogens is 109 g/mol. The molecule has 0 saturated carbocycles. The van der Waals surface area contributed by atoms with Crippen molar-refractivity contribution >= 4 is 15.1 Å². The molecule has 1 heterocycles. The molecule has 1 rings (SSSR count). The van der Waals surface area contributed by atoms with Crippen LogP contribution in [0.4, 0.5) is 0 Å². The van der Waals surface area contributed by atoms with Crippen LogP contribution in [0.5, 0.6) is 0 Å². The van der Waals surface area contributed by atoms with E-state index in [4.69, 9.17) is 0 Å². The Morgan fingerprint density at radius 3 is 2.71 bits per heavy atom. The zero-order valence-electron chi connectivity index (χ0n) is 3.98. The van der Waals surface area contributed by atoms with Gasteiger partial charge in [-0.15, -0.1) is 9.24 Å². The van der Waals surface area contributed by atoms with Gasteiger partial charge in [0.25, 0.3) is 0 Å². The predicted octanol–water partition coefficient (Wildman–Crippen LogP) is -0.250. The van der Waals surface area contributed by atoms with Gasteiger partial charge >= 0.3 is 0 Å².